The number of hydrogen-bond acceptors (Lipinski definition) is 3. The highest BCUT2D eigenvalue weighted by molar-refractivity contribution is 5.97. The molecule has 0 amide bonds. The van der Waals surface area contributed by atoms with Crippen LogP contribution in [0, 0.1) is 17.2 Å². The average Bonchev–Trinajstić information content (AvgIpc) is 2.68. The summed E-state index contributed by atoms with van der Waals surface area (Å²) < 4.78 is 0. The van der Waals surface area contributed by atoms with Crippen molar-refractivity contribution in [3.63, 3.8) is 0 Å². The van der Waals surface area contributed by atoms with E-state index in [1.165, 1.54) is 62.6 Å². The molecule has 1 saturated heterocycles. The maximum Gasteiger partial charge on any atom is 0.0998 e. The van der Waals surface area contributed by atoms with E-state index in [0.717, 1.165) is 30.0 Å². The van der Waals surface area contributed by atoms with E-state index in [1.807, 2.05) is 12.1 Å². The summed E-state index contributed by atoms with van der Waals surface area (Å²) in [5.74, 6) is 0.846. The lowest BCUT2D eigenvalue weighted by atomic mass is 9.89. The lowest BCUT2D eigenvalue weighted by Gasteiger charge is -2.43. The number of benzene rings is 2. The number of fused-ring (bicyclic) bond motifs is 1. The molecule has 2 aromatic carbocycles. The minimum absolute atomic E-state index is 0.773. The maximum atomic E-state index is 9.43. The highest BCUT2D eigenvalue weighted by Gasteiger charge is 2.25. The van der Waals surface area contributed by atoms with Crippen molar-refractivity contribution in [2.45, 2.75) is 44.9 Å². The molecule has 3 heteroatoms. The van der Waals surface area contributed by atoms with Gasteiger partial charge in [-0.05, 0) is 43.7 Å². The molecule has 0 unspecified atom stereocenters. The van der Waals surface area contributed by atoms with Crippen LogP contribution in [0.25, 0.3) is 10.8 Å². The first kappa shape index (κ1) is 16.4. The normalized spacial score (nSPS) is 19.9. The Labute approximate surface area is 150 Å². The first-order valence-electron chi connectivity index (χ1n) is 9.81. The summed E-state index contributed by atoms with van der Waals surface area (Å²) in [5.41, 5.74) is 2.04. The molecule has 0 bridgehead atoms. The molecular weight excluding hydrogens is 306 g/mol. The smallest absolute Gasteiger partial charge is 0.0998 e. The largest absolute Gasteiger partial charge is 0.305 e. The molecule has 1 aliphatic carbocycles. The molecule has 1 heterocycles. The van der Waals surface area contributed by atoms with E-state index in [9.17, 15) is 5.26 Å². The Morgan fingerprint density at radius 3 is 2.44 bits per heavy atom. The van der Waals surface area contributed by atoms with Crippen molar-refractivity contribution >= 4 is 16.5 Å². The van der Waals surface area contributed by atoms with Crippen LogP contribution in [-0.2, 0) is 0 Å². The molecule has 1 aliphatic heterocycles. The highest BCUT2D eigenvalue weighted by Crippen LogP contribution is 2.33. The molecule has 130 valence electrons. The third-order valence-corrected chi connectivity index (χ3v) is 5.87. The van der Waals surface area contributed by atoms with Gasteiger partial charge in [0.25, 0.3) is 0 Å². The summed E-state index contributed by atoms with van der Waals surface area (Å²) in [7, 11) is 0. The molecule has 2 aliphatic rings. The molecule has 0 aromatic heterocycles. The van der Waals surface area contributed by atoms with E-state index in [2.05, 4.69) is 40.4 Å². The molecule has 1 saturated carbocycles. The number of nitrogens with zero attached hydrogens (tertiary/aromatic N) is 3. The second-order valence-electron chi connectivity index (χ2n) is 7.54. The van der Waals surface area contributed by atoms with E-state index in [1.54, 1.807) is 0 Å². The summed E-state index contributed by atoms with van der Waals surface area (Å²) in [6.45, 7) is 3.43. The first-order valence-corrected chi connectivity index (χ1v) is 9.81. The van der Waals surface area contributed by atoms with E-state index in [-0.39, 0.29) is 0 Å². The topological polar surface area (TPSA) is 30.3 Å². The van der Waals surface area contributed by atoms with Crippen LogP contribution in [0.1, 0.15) is 50.5 Å². The Bertz CT molecular complexity index is 770. The van der Waals surface area contributed by atoms with Gasteiger partial charge in [0.2, 0.25) is 0 Å². The standard InChI is InChI=1S/C22H27N3/c23-16-19-12-13-22(21-11-5-4-10-20(19)21)25-15-7-6-14-24(25)17-18-8-2-1-3-9-18/h4-5,10-13,18H,1-3,6-9,14-15,17H2. The van der Waals surface area contributed by atoms with Gasteiger partial charge >= 0.3 is 0 Å². The van der Waals surface area contributed by atoms with E-state index < -0.39 is 0 Å². The minimum atomic E-state index is 0.773. The molecular formula is C22H27N3. The SMILES string of the molecule is N#Cc1ccc(N2CCCCN2CC2CCCCC2)c2ccccc12. The Hall–Kier alpha value is -2.05. The monoisotopic (exact) mass is 333 g/mol. The molecule has 2 fully saturated rings. The van der Waals surface area contributed by atoms with Gasteiger partial charge in [-0.15, -0.1) is 0 Å². The second kappa shape index (κ2) is 7.45. The summed E-state index contributed by atoms with van der Waals surface area (Å²) in [6.07, 6.45) is 9.53. The Kier molecular flexibility index (Phi) is 4.90. The van der Waals surface area contributed by atoms with Crippen LogP contribution >= 0.6 is 0 Å². The predicted molar refractivity (Wildman–Crippen MR) is 103 cm³/mol. The van der Waals surface area contributed by atoms with E-state index in [4.69, 9.17) is 0 Å². The minimum Gasteiger partial charge on any atom is -0.305 e. The molecule has 0 N–H and O–H groups in total. The van der Waals surface area contributed by atoms with E-state index in [0.29, 0.717) is 0 Å². The third kappa shape index (κ3) is 3.37. The van der Waals surface area contributed by atoms with Crippen LogP contribution in [0.4, 0.5) is 5.69 Å². The quantitative estimate of drug-likeness (QED) is 0.782. The molecule has 25 heavy (non-hydrogen) atoms. The average molecular weight is 333 g/mol. The molecule has 0 radical (unpaired) electrons. The van der Waals surface area contributed by atoms with Crippen LogP contribution in [0.3, 0.4) is 0 Å². The summed E-state index contributed by atoms with van der Waals surface area (Å²) in [5, 5.41) is 16.8. The van der Waals surface area contributed by atoms with E-state index >= 15 is 0 Å². The summed E-state index contributed by atoms with van der Waals surface area (Å²) in [6, 6.07) is 14.8. The highest BCUT2D eigenvalue weighted by atomic mass is 15.6. The number of rotatable bonds is 3. The first-order chi connectivity index (χ1) is 12.4. The predicted octanol–water partition coefficient (Wildman–Crippen LogP) is 5.11. The molecule has 4 rings (SSSR count). The van der Waals surface area contributed by atoms with Gasteiger partial charge in [-0.25, -0.2) is 5.01 Å². The number of anilines is 1. The Morgan fingerprint density at radius 2 is 1.64 bits per heavy atom. The number of hydrogen-bond donors (Lipinski definition) is 0. The summed E-state index contributed by atoms with van der Waals surface area (Å²) in [4.78, 5) is 0. The van der Waals surface area contributed by atoms with Crippen molar-refractivity contribution in [2.24, 2.45) is 5.92 Å². The third-order valence-electron chi connectivity index (χ3n) is 5.87. The van der Waals surface area contributed by atoms with Gasteiger partial charge in [-0.3, -0.25) is 0 Å². The van der Waals surface area contributed by atoms with Gasteiger partial charge in [0.1, 0.15) is 0 Å². The Balaban J connectivity index is 1.66. The molecule has 2 aromatic rings. The zero-order valence-electron chi connectivity index (χ0n) is 15.0. The van der Waals surface area contributed by atoms with Crippen molar-refractivity contribution < 1.29 is 0 Å². The van der Waals surface area contributed by atoms with Gasteiger partial charge < -0.3 is 5.01 Å². The van der Waals surface area contributed by atoms with Crippen molar-refractivity contribution in [3.8, 4) is 6.07 Å². The van der Waals surface area contributed by atoms with Gasteiger partial charge in [0.15, 0.2) is 0 Å². The lowest BCUT2D eigenvalue weighted by molar-refractivity contribution is 0.162. The lowest BCUT2D eigenvalue weighted by Crippen LogP contribution is -2.49. The maximum absolute atomic E-state index is 9.43. The summed E-state index contributed by atoms with van der Waals surface area (Å²) >= 11 is 0. The zero-order valence-corrected chi connectivity index (χ0v) is 15.0. The van der Waals surface area contributed by atoms with Gasteiger partial charge in [-0.1, -0.05) is 43.5 Å². The van der Waals surface area contributed by atoms with Gasteiger partial charge in [0.05, 0.1) is 17.3 Å². The van der Waals surface area contributed by atoms with Crippen LogP contribution in [0.5, 0.6) is 0 Å². The van der Waals surface area contributed by atoms with Crippen LogP contribution < -0.4 is 5.01 Å². The molecule has 0 atom stereocenters. The molecule has 3 nitrogen and oxygen atoms in total. The fourth-order valence-electron chi connectivity index (χ4n) is 4.55. The second-order valence-corrected chi connectivity index (χ2v) is 7.54. The fraction of sp³-hybridized carbons (Fsp3) is 0.500. The number of nitriles is 1. The van der Waals surface area contributed by atoms with Gasteiger partial charge in [0, 0.05) is 30.4 Å². The van der Waals surface area contributed by atoms with Crippen LogP contribution in [-0.4, -0.2) is 24.6 Å². The van der Waals surface area contributed by atoms with Crippen molar-refractivity contribution in [2.75, 3.05) is 24.6 Å². The zero-order chi connectivity index (χ0) is 17.1. The van der Waals surface area contributed by atoms with Crippen molar-refractivity contribution in [1.82, 2.24) is 5.01 Å². The van der Waals surface area contributed by atoms with Crippen LogP contribution in [0.15, 0.2) is 36.4 Å². The molecule has 0 spiro atoms. The van der Waals surface area contributed by atoms with Crippen LogP contribution in [0.2, 0.25) is 0 Å². The van der Waals surface area contributed by atoms with Crippen molar-refractivity contribution in [3.05, 3.63) is 42.0 Å². The fourth-order valence-corrected chi connectivity index (χ4v) is 4.55. The van der Waals surface area contributed by atoms with Gasteiger partial charge in [-0.2, -0.15) is 5.26 Å². The van der Waals surface area contributed by atoms with Crippen molar-refractivity contribution in [1.29, 1.82) is 5.26 Å². The Morgan fingerprint density at radius 1 is 0.880 bits per heavy atom. The number of hydrazine groups is 1.